The summed E-state index contributed by atoms with van der Waals surface area (Å²) in [5.74, 6) is 3.10. The van der Waals surface area contributed by atoms with Crippen molar-refractivity contribution in [1.29, 1.82) is 0 Å². The third-order valence-corrected chi connectivity index (χ3v) is 7.99. The lowest BCUT2D eigenvalue weighted by Crippen LogP contribution is -2.47. The lowest BCUT2D eigenvalue weighted by atomic mass is 9.62. The molecule has 6 heteroatoms. The molecule has 3 aliphatic carbocycles. The molecule has 0 saturated heterocycles. The highest BCUT2D eigenvalue weighted by molar-refractivity contribution is 6.35. The molecule has 3 fully saturated rings. The summed E-state index contributed by atoms with van der Waals surface area (Å²) in [6.07, 6.45) is 7.08. The molecule has 0 aliphatic heterocycles. The topological polar surface area (TPSA) is 53.6 Å². The molecule has 2 heterocycles. The molecule has 3 aliphatic rings. The van der Waals surface area contributed by atoms with Gasteiger partial charge in [0.05, 0.1) is 16.2 Å². The van der Waals surface area contributed by atoms with Crippen LogP contribution in [-0.2, 0) is 0 Å². The van der Waals surface area contributed by atoms with Gasteiger partial charge in [-0.1, -0.05) is 48.9 Å². The van der Waals surface area contributed by atoms with Crippen LogP contribution in [-0.4, -0.2) is 21.0 Å². The van der Waals surface area contributed by atoms with Gasteiger partial charge in [0.2, 0.25) is 0 Å². The van der Waals surface area contributed by atoms with E-state index in [9.17, 15) is 4.39 Å². The van der Waals surface area contributed by atoms with Gasteiger partial charge in [0.25, 0.3) is 0 Å². The van der Waals surface area contributed by atoms with E-state index in [0.29, 0.717) is 39.6 Å². The molecular weight excluding hydrogens is 435 g/mol. The van der Waals surface area contributed by atoms with Crippen molar-refractivity contribution >= 4 is 28.3 Å². The van der Waals surface area contributed by atoms with Crippen LogP contribution in [0.2, 0.25) is 5.02 Å². The highest BCUT2D eigenvalue weighted by atomic mass is 35.5. The first-order valence-electron chi connectivity index (χ1n) is 11.7. The van der Waals surface area contributed by atoms with E-state index in [-0.39, 0.29) is 5.82 Å². The molecule has 2 atom stereocenters. The fourth-order valence-electron chi connectivity index (χ4n) is 5.91. The molecule has 168 valence electrons. The Labute approximate surface area is 197 Å². The first-order chi connectivity index (χ1) is 16.1. The lowest BCUT2D eigenvalue weighted by Gasteiger charge is -2.47. The first-order valence-corrected chi connectivity index (χ1v) is 12.1. The average molecular weight is 461 g/mol. The molecule has 4 aromatic rings. The summed E-state index contributed by atoms with van der Waals surface area (Å²) < 4.78 is 14.2. The predicted molar refractivity (Wildman–Crippen MR) is 132 cm³/mol. The van der Waals surface area contributed by atoms with E-state index in [0.717, 1.165) is 28.6 Å². The van der Waals surface area contributed by atoms with Crippen LogP contribution in [0.4, 0.5) is 10.2 Å². The Morgan fingerprint density at radius 3 is 2.52 bits per heavy atom. The number of anilines is 1. The van der Waals surface area contributed by atoms with Crippen molar-refractivity contribution < 1.29 is 4.39 Å². The van der Waals surface area contributed by atoms with Crippen molar-refractivity contribution in [3.05, 3.63) is 65.6 Å². The van der Waals surface area contributed by atoms with Gasteiger partial charge >= 0.3 is 0 Å². The maximum absolute atomic E-state index is 14.2. The molecule has 2 aromatic carbocycles. The SMILES string of the molecule is C[C@@H]1C2CCC(CC2)[C@H]1Nc1cc(-c2ccccc2)nc(-c2c[nH]c3c(Cl)cc(F)cc23)n1. The quantitative estimate of drug-likeness (QED) is 0.335. The highest BCUT2D eigenvalue weighted by Gasteiger charge is 2.41. The monoisotopic (exact) mass is 460 g/mol. The number of aromatic nitrogens is 3. The van der Waals surface area contributed by atoms with Gasteiger partial charge in [-0.05, 0) is 55.6 Å². The van der Waals surface area contributed by atoms with Crippen LogP contribution in [0.1, 0.15) is 32.6 Å². The Kier molecular flexibility index (Phi) is 5.10. The number of H-pyrrole nitrogens is 1. The minimum absolute atomic E-state index is 0.348. The minimum Gasteiger partial charge on any atom is -0.367 e. The van der Waals surface area contributed by atoms with Gasteiger partial charge in [0, 0.05) is 34.8 Å². The molecule has 0 unspecified atom stereocenters. The zero-order valence-electron chi connectivity index (χ0n) is 18.5. The van der Waals surface area contributed by atoms with E-state index >= 15 is 0 Å². The van der Waals surface area contributed by atoms with Gasteiger partial charge in [-0.3, -0.25) is 0 Å². The number of fused-ring (bicyclic) bond motifs is 4. The Morgan fingerprint density at radius 1 is 1.00 bits per heavy atom. The second-order valence-electron chi connectivity index (χ2n) is 9.54. The maximum atomic E-state index is 14.2. The van der Waals surface area contributed by atoms with Crippen molar-refractivity contribution in [3.8, 4) is 22.6 Å². The van der Waals surface area contributed by atoms with Crippen molar-refractivity contribution in [3.63, 3.8) is 0 Å². The third kappa shape index (κ3) is 3.68. The van der Waals surface area contributed by atoms with Crippen molar-refractivity contribution in [1.82, 2.24) is 15.0 Å². The third-order valence-electron chi connectivity index (χ3n) is 7.69. The molecule has 0 amide bonds. The fraction of sp³-hybridized carbons (Fsp3) is 0.333. The summed E-state index contributed by atoms with van der Waals surface area (Å²) >= 11 is 6.28. The van der Waals surface area contributed by atoms with E-state index in [4.69, 9.17) is 21.6 Å². The van der Waals surface area contributed by atoms with E-state index in [2.05, 4.69) is 17.2 Å². The van der Waals surface area contributed by atoms with Gasteiger partial charge < -0.3 is 10.3 Å². The maximum Gasteiger partial charge on any atom is 0.164 e. The predicted octanol–water partition coefficient (Wildman–Crippen LogP) is 7.32. The summed E-state index contributed by atoms with van der Waals surface area (Å²) in [6.45, 7) is 2.37. The number of aromatic amines is 1. The summed E-state index contributed by atoms with van der Waals surface area (Å²) in [5.41, 5.74) is 3.29. The number of hydrogen-bond donors (Lipinski definition) is 2. The summed E-state index contributed by atoms with van der Waals surface area (Å²) in [4.78, 5) is 13.0. The highest BCUT2D eigenvalue weighted by Crippen LogP contribution is 2.46. The normalized spacial score (nSPS) is 24.3. The number of nitrogens with zero attached hydrogens (tertiary/aromatic N) is 2. The second kappa shape index (κ2) is 8.14. The minimum atomic E-state index is -0.377. The smallest absolute Gasteiger partial charge is 0.164 e. The van der Waals surface area contributed by atoms with Crippen molar-refractivity contribution in [2.45, 2.75) is 38.6 Å². The molecule has 4 nitrogen and oxygen atoms in total. The fourth-order valence-corrected chi connectivity index (χ4v) is 6.17. The second-order valence-corrected chi connectivity index (χ2v) is 9.95. The van der Waals surface area contributed by atoms with Gasteiger partial charge in [-0.15, -0.1) is 0 Å². The van der Waals surface area contributed by atoms with Gasteiger partial charge in [-0.25, -0.2) is 14.4 Å². The van der Waals surface area contributed by atoms with Crippen molar-refractivity contribution in [2.24, 2.45) is 17.8 Å². The molecular formula is C27H26ClFN4. The first kappa shape index (κ1) is 20.7. The van der Waals surface area contributed by atoms with Crippen LogP contribution in [0.5, 0.6) is 0 Å². The molecule has 7 rings (SSSR count). The summed E-state index contributed by atoms with van der Waals surface area (Å²) in [7, 11) is 0. The number of nitrogens with one attached hydrogen (secondary N) is 2. The van der Waals surface area contributed by atoms with Crippen LogP contribution in [0.3, 0.4) is 0 Å². The lowest BCUT2D eigenvalue weighted by molar-refractivity contribution is 0.0928. The standard InChI is InChI=1S/C27H26ClFN4/c1-15-16-7-9-18(10-8-16)25(15)32-24-13-23(17-5-3-2-4-6-17)31-27(33-24)21-14-30-26-20(21)11-19(29)12-22(26)28/h2-6,11-16,18,25,30H,7-10H2,1H3,(H,31,32,33)/t15-,16?,18?,25+/m1/s1. The molecule has 2 N–H and O–H groups in total. The van der Waals surface area contributed by atoms with Gasteiger partial charge in [-0.2, -0.15) is 0 Å². The summed E-state index contributed by atoms with van der Waals surface area (Å²) in [6, 6.07) is 15.4. The number of halogens is 2. The molecule has 2 bridgehead atoms. The van der Waals surface area contributed by atoms with Crippen molar-refractivity contribution in [2.75, 3.05) is 5.32 Å². The Morgan fingerprint density at radius 2 is 1.76 bits per heavy atom. The average Bonchev–Trinajstić information content (AvgIpc) is 3.26. The van der Waals surface area contributed by atoms with Gasteiger partial charge in [0.1, 0.15) is 11.6 Å². The molecule has 0 radical (unpaired) electrons. The van der Waals surface area contributed by atoms with E-state index in [1.165, 1.54) is 37.8 Å². The number of rotatable bonds is 4. The molecule has 33 heavy (non-hydrogen) atoms. The van der Waals surface area contributed by atoms with Crippen LogP contribution in [0.25, 0.3) is 33.5 Å². The van der Waals surface area contributed by atoms with E-state index in [1.807, 2.05) is 42.6 Å². The van der Waals surface area contributed by atoms with Crippen LogP contribution < -0.4 is 5.32 Å². The number of hydrogen-bond acceptors (Lipinski definition) is 3. The zero-order valence-corrected chi connectivity index (χ0v) is 19.2. The van der Waals surface area contributed by atoms with E-state index in [1.54, 1.807) is 0 Å². The summed E-state index contributed by atoms with van der Waals surface area (Å²) in [5, 5.41) is 4.81. The van der Waals surface area contributed by atoms with E-state index < -0.39 is 0 Å². The molecule has 3 saturated carbocycles. The Balaban J connectivity index is 1.46. The van der Waals surface area contributed by atoms with Crippen LogP contribution in [0.15, 0.2) is 54.7 Å². The number of benzene rings is 2. The van der Waals surface area contributed by atoms with Crippen LogP contribution in [0, 0.1) is 23.6 Å². The largest absolute Gasteiger partial charge is 0.367 e. The Bertz CT molecular complexity index is 1310. The molecule has 2 aromatic heterocycles. The zero-order chi connectivity index (χ0) is 22.5. The van der Waals surface area contributed by atoms with Crippen LogP contribution >= 0.6 is 11.6 Å². The molecule has 0 spiro atoms. The van der Waals surface area contributed by atoms with Gasteiger partial charge in [0.15, 0.2) is 5.82 Å². The Hall–Kier alpha value is -2.92.